The van der Waals surface area contributed by atoms with Gasteiger partial charge in [-0.1, -0.05) is 61.7 Å². The van der Waals surface area contributed by atoms with Crippen molar-refractivity contribution in [1.82, 2.24) is 15.1 Å². The van der Waals surface area contributed by atoms with Crippen molar-refractivity contribution >= 4 is 34.8 Å². The summed E-state index contributed by atoms with van der Waals surface area (Å²) >= 11 is 5.59. The van der Waals surface area contributed by atoms with Crippen LogP contribution < -0.4 is 15.4 Å². The molecule has 5 rings (SSSR count). The second-order valence-electron chi connectivity index (χ2n) is 11.2. The number of anilines is 1. The van der Waals surface area contributed by atoms with Crippen molar-refractivity contribution < 1.29 is 27.5 Å². The highest BCUT2D eigenvalue weighted by Crippen LogP contribution is 2.37. The number of thiocarbonyl (C=S) groups is 1. The lowest BCUT2D eigenvalue weighted by Gasteiger charge is -2.45. The summed E-state index contributed by atoms with van der Waals surface area (Å²) in [5.41, 5.74) is 0.111. The van der Waals surface area contributed by atoms with Crippen LogP contribution in [0.25, 0.3) is 0 Å². The van der Waals surface area contributed by atoms with E-state index in [1.165, 1.54) is 12.1 Å². The summed E-state index contributed by atoms with van der Waals surface area (Å²) in [5.74, 6) is -0.0139. The second-order valence-corrected chi connectivity index (χ2v) is 11.6. The summed E-state index contributed by atoms with van der Waals surface area (Å²) in [6.07, 6.45) is -1.25. The van der Waals surface area contributed by atoms with Gasteiger partial charge in [0.15, 0.2) is 5.11 Å². The van der Waals surface area contributed by atoms with E-state index in [4.69, 9.17) is 17.0 Å². The number of carbonyl (C=O) groups is 2. The van der Waals surface area contributed by atoms with Crippen molar-refractivity contribution in [1.29, 1.82) is 0 Å². The molecule has 0 unspecified atom stereocenters. The molecular formula is C33H35F3N4O3S. The SMILES string of the molecule is COc1ccc(NC(=O)C2(N(Cc3ccc(C(F)(F)F)cc3)C(=O)CN3C[C@@H](c4ccccc4)NC3=S)CCCCC2)cc1. The molecule has 1 atom stereocenters. The van der Waals surface area contributed by atoms with E-state index in [0.29, 0.717) is 41.5 Å². The number of alkyl halides is 3. The van der Waals surface area contributed by atoms with Crippen molar-refractivity contribution in [2.24, 2.45) is 0 Å². The summed E-state index contributed by atoms with van der Waals surface area (Å²) < 4.78 is 45.1. The Bertz CT molecular complexity index is 1460. The molecule has 1 aliphatic carbocycles. The van der Waals surface area contributed by atoms with Crippen LogP contribution in [0.3, 0.4) is 0 Å². The Labute approximate surface area is 260 Å². The molecule has 3 aromatic carbocycles. The van der Waals surface area contributed by atoms with Gasteiger partial charge in [0.2, 0.25) is 11.8 Å². The van der Waals surface area contributed by atoms with Crippen LogP contribution in [0.15, 0.2) is 78.9 Å². The number of benzene rings is 3. The van der Waals surface area contributed by atoms with E-state index < -0.39 is 17.3 Å². The number of ether oxygens (including phenoxy) is 1. The Hall–Kier alpha value is -4.12. The third-order valence-corrected chi connectivity index (χ3v) is 8.78. The number of nitrogens with one attached hydrogen (secondary N) is 2. The molecule has 232 valence electrons. The first-order chi connectivity index (χ1) is 21.1. The first kappa shape index (κ1) is 31.3. The molecule has 44 heavy (non-hydrogen) atoms. The molecule has 2 N–H and O–H groups in total. The van der Waals surface area contributed by atoms with Gasteiger partial charge in [0.1, 0.15) is 11.3 Å². The van der Waals surface area contributed by atoms with Gasteiger partial charge in [0, 0.05) is 18.8 Å². The largest absolute Gasteiger partial charge is 0.497 e. The number of hydrogen-bond acceptors (Lipinski definition) is 4. The first-order valence-electron chi connectivity index (χ1n) is 14.6. The lowest BCUT2D eigenvalue weighted by atomic mass is 9.78. The molecule has 0 spiro atoms. The zero-order valence-corrected chi connectivity index (χ0v) is 25.2. The molecule has 1 heterocycles. The first-order valence-corrected chi connectivity index (χ1v) is 15.0. The monoisotopic (exact) mass is 624 g/mol. The molecule has 2 amide bonds. The van der Waals surface area contributed by atoms with Crippen molar-refractivity contribution in [3.8, 4) is 5.75 Å². The van der Waals surface area contributed by atoms with Crippen molar-refractivity contribution in [3.63, 3.8) is 0 Å². The van der Waals surface area contributed by atoms with Gasteiger partial charge >= 0.3 is 6.18 Å². The Morgan fingerprint density at radius 3 is 2.27 bits per heavy atom. The van der Waals surface area contributed by atoms with Crippen molar-refractivity contribution in [3.05, 3.63) is 95.6 Å². The maximum Gasteiger partial charge on any atom is 0.416 e. The van der Waals surface area contributed by atoms with Crippen LogP contribution in [0.5, 0.6) is 5.75 Å². The number of methoxy groups -OCH3 is 1. The van der Waals surface area contributed by atoms with Gasteiger partial charge in [-0.15, -0.1) is 0 Å². The standard InChI is InChI=1S/C33H35F3N4O3S/c1-43-27-16-14-26(15-17-27)37-30(42)32(18-6-3-7-19-32)40(20-23-10-12-25(13-11-23)33(34,35)36)29(41)22-39-21-28(38-31(39)44)24-8-4-2-5-9-24/h2,4-5,8-17,28H,3,6-7,18-22H2,1H3,(H,37,42)(H,38,44)/t28-/m0/s1. The minimum Gasteiger partial charge on any atom is -0.497 e. The van der Waals surface area contributed by atoms with E-state index >= 15 is 0 Å². The smallest absolute Gasteiger partial charge is 0.416 e. The summed E-state index contributed by atoms with van der Waals surface area (Å²) in [6, 6.07) is 21.4. The Morgan fingerprint density at radius 1 is 1.00 bits per heavy atom. The molecule has 7 nitrogen and oxygen atoms in total. The molecule has 0 aromatic heterocycles. The molecule has 2 fully saturated rings. The molecule has 0 bridgehead atoms. The predicted octanol–water partition coefficient (Wildman–Crippen LogP) is 6.32. The average Bonchev–Trinajstić information content (AvgIpc) is 3.40. The zero-order valence-electron chi connectivity index (χ0n) is 24.4. The van der Waals surface area contributed by atoms with E-state index in [1.54, 1.807) is 41.2 Å². The second kappa shape index (κ2) is 13.3. The fraction of sp³-hybridized carbons (Fsp3) is 0.364. The molecule has 2 aliphatic rings. The quantitative estimate of drug-likeness (QED) is 0.272. The highest BCUT2D eigenvalue weighted by atomic mass is 32.1. The lowest BCUT2D eigenvalue weighted by Crippen LogP contribution is -2.61. The summed E-state index contributed by atoms with van der Waals surface area (Å²) in [4.78, 5) is 31.8. The van der Waals surface area contributed by atoms with E-state index in [0.717, 1.165) is 37.0 Å². The molecular weight excluding hydrogens is 589 g/mol. The molecule has 1 aliphatic heterocycles. The number of rotatable bonds is 9. The van der Waals surface area contributed by atoms with Crippen molar-refractivity contribution in [2.75, 3.05) is 25.5 Å². The number of nitrogens with zero attached hydrogens (tertiary/aromatic N) is 2. The fourth-order valence-electron chi connectivity index (χ4n) is 5.99. The maximum absolute atomic E-state index is 14.3. The summed E-state index contributed by atoms with van der Waals surface area (Å²) in [5, 5.41) is 6.71. The van der Waals surface area contributed by atoms with Crippen LogP contribution in [0.4, 0.5) is 18.9 Å². The Balaban J connectivity index is 1.44. The van der Waals surface area contributed by atoms with E-state index in [2.05, 4.69) is 10.6 Å². The summed E-state index contributed by atoms with van der Waals surface area (Å²) in [6.45, 7) is 0.365. The average molecular weight is 625 g/mol. The summed E-state index contributed by atoms with van der Waals surface area (Å²) in [7, 11) is 1.55. The highest BCUT2D eigenvalue weighted by Gasteiger charge is 2.47. The number of carbonyl (C=O) groups excluding carboxylic acids is 2. The molecule has 1 saturated heterocycles. The Morgan fingerprint density at radius 2 is 1.66 bits per heavy atom. The van der Waals surface area contributed by atoms with Crippen LogP contribution >= 0.6 is 12.2 Å². The number of halogens is 3. The number of amides is 2. The van der Waals surface area contributed by atoms with Crippen LogP contribution in [-0.4, -0.2) is 52.5 Å². The van der Waals surface area contributed by atoms with Gasteiger partial charge in [-0.25, -0.2) is 0 Å². The fourth-order valence-corrected chi connectivity index (χ4v) is 6.27. The van der Waals surface area contributed by atoms with Gasteiger partial charge in [-0.05, 0) is 72.6 Å². The zero-order chi connectivity index (χ0) is 31.3. The van der Waals surface area contributed by atoms with Crippen LogP contribution in [0, 0.1) is 0 Å². The predicted molar refractivity (Wildman–Crippen MR) is 166 cm³/mol. The molecule has 3 aromatic rings. The lowest BCUT2D eigenvalue weighted by molar-refractivity contribution is -0.149. The molecule has 11 heteroatoms. The molecule has 0 radical (unpaired) electrons. The highest BCUT2D eigenvalue weighted by molar-refractivity contribution is 7.80. The van der Waals surface area contributed by atoms with Gasteiger partial charge in [-0.2, -0.15) is 13.2 Å². The van der Waals surface area contributed by atoms with Gasteiger partial charge < -0.3 is 25.2 Å². The minimum atomic E-state index is -4.48. The minimum absolute atomic E-state index is 0.0247. The topological polar surface area (TPSA) is 73.9 Å². The van der Waals surface area contributed by atoms with Crippen molar-refractivity contribution in [2.45, 2.75) is 56.4 Å². The van der Waals surface area contributed by atoms with Crippen LogP contribution in [0.1, 0.15) is 54.8 Å². The van der Waals surface area contributed by atoms with Gasteiger partial charge in [-0.3, -0.25) is 9.59 Å². The molecule has 1 saturated carbocycles. The van der Waals surface area contributed by atoms with Crippen LogP contribution in [-0.2, 0) is 22.3 Å². The third kappa shape index (κ3) is 6.99. The van der Waals surface area contributed by atoms with Gasteiger partial charge in [0.25, 0.3) is 0 Å². The number of hydrogen-bond donors (Lipinski definition) is 2. The van der Waals surface area contributed by atoms with Gasteiger partial charge in [0.05, 0.1) is 25.3 Å². The van der Waals surface area contributed by atoms with E-state index in [9.17, 15) is 22.8 Å². The van der Waals surface area contributed by atoms with E-state index in [-0.39, 0.29) is 30.9 Å². The Kier molecular flexibility index (Phi) is 9.43. The normalized spacial score (nSPS) is 18.0. The van der Waals surface area contributed by atoms with Crippen LogP contribution in [0.2, 0.25) is 0 Å². The third-order valence-electron chi connectivity index (χ3n) is 8.41. The maximum atomic E-state index is 14.3. The van der Waals surface area contributed by atoms with E-state index in [1.807, 2.05) is 30.3 Å².